The smallest absolute Gasteiger partial charge is 0.410 e. The predicted molar refractivity (Wildman–Crippen MR) is 80.1 cm³/mol. The van der Waals surface area contributed by atoms with Gasteiger partial charge in [-0.25, -0.2) is 4.79 Å². The summed E-state index contributed by atoms with van der Waals surface area (Å²) in [6.45, 7) is 8.70. The molecule has 0 rings (SSSR count). The van der Waals surface area contributed by atoms with Crippen LogP contribution >= 0.6 is 0 Å². The fraction of sp³-hybridized carbons (Fsp3) is 0.800. The SMILES string of the molecule is CC[C@@H](C)C[C@@H](CC(=O)O)NC(=O)O[C@H](OC(C)=O)C(C)C. The van der Waals surface area contributed by atoms with E-state index >= 15 is 0 Å². The second-order valence-corrected chi connectivity index (χ2v) is 5.82. The summed E-state index contributed by atoms with van der Waals surface area (Å²) in [5, 5.41) is 11.4. The molecule has 0 aromatic rings. The Hall–Kier alpha value is -1.79. The van der Waals surface area contributed by atoms with E-state index in [0.29, 0.717) is 6.42 Å². The van der Waals surface area contributed by atoms with Crippen molar-refractivity contribution in [3.8, 4) is 0 Å². The van der Waals surface area contributed by atoms with Crippen LogP contribution in [0, 0.1) is 11.8 Å². The predicted octanol–water partition coefficient (Wildman–Crippen LogP) is 2.54. The quantitative estimate of drug-likeness (QED) is 0.500. The van der Waals surface area contributed by atoms with Gasteiger partial charge in [0.1, 0.15) is 0 Å². The third-order valence-electron chi connectivity index (χ3n) is 3.18. The number of rotatable bonds is 9. The van der Waals surface area contributed by atoms with Gasteiger partial charge in [0, 0.05) is 18.9 Å². The van der Waals surface area contributed by atoms with E-state index in [0.717, 1.165) is 6.42 Å². The molecule has 0 saturated heterocycles. The summed E-state index contributed by atoms with van der Waals surface area (Å²) >= 11 is 0. The van der Waals surface area contributed by atoms with E-state index in [1.807, 2.05) is 13.8 Å². The van der Waals surface area contributed by atoms with Crippen LogP contribution in [-0.2, 0) is 19.1 Å². The third kappa shape index (κ3) is 9.20. The van der Waals surface area contributed by atoms with Crippen molar-refractivity contribution in [3.05, 3.63) is 0 Å². The second kappa shape index (κ2) is 10.0. The number of carboxylic acids is 1. The minimum atomic E-state index is -0.994. The van der Waals surface area contributed by atoms with Crippen LogP contribution < -0.4 is 5.32 Å². The summed E-state index contributed by atoms with van der Waals surface area (Å²) in [5.41, 5.74) is 0. The Morgan fingerprint density at radius 2 is 1.73 bits per heavy atom. The van der Waals surface area contributed by atoms with Crippen molar-refractivity contribution < 1.29 is 29.0 Å². The molecule has 0 unspecified atom stereocenters. The van der Waals surface area contributed by atoms with E-state index in [-0.39, 0.29) is 18.3 Å². The fourth-order valence-corrected chi connectivity index (χ4v) is 1.82. The van der Waals surface area contributed by atoms with Crippen molar-refractivity contribution in [3.63, 3.8) is 0 Å². The average Bonchev–Trinajstić information content (AvgIpc) is 2.35. The summed E-state index contributed by atoms with van der Waals surface area (Å²) in [4.78, 5) is 33.7. The van der Waals surface area contributed by atoms with E-state index in [1.165, 1.54) is 6.92 Å². The first kappa shape index (κ1) is 20.2. The van der Waals surface area contributed by atoms with Crippen molar-refractivity contribution in [2.45, 2.75) is 66.2 Å². The number of amides is 1. The summed E-state index contributed by atoms with van der Waals surface area (Å²) in [6.07, 6.45) is -0.535. The molecule has 2 N–H and O–H groups in total. The molecule has 0 aliphatic heterocycles. The molecular weight excluding hydrogens is 290 g/mol. The molecule has 0 aromatic carbocycles. The van der Waals surface area contributed by atoms with Crippen LogP contribution in [0.1, 0.15) is 53.9 Å². The number of hydrogen-bond donors (Lipinski definition) is 2. The maximum Gasteiger partial charge on any atom is 0.410 e. The Kier molecular flexibility index (Phi) is 9.21. The Labute approximate surface area is 131 Å². The zero-order valence-corrected chi connectivity index (χ0v) is 13.9. The van der Waals surface area contributed by atoms with Gasteiger partial charge >= 0.3 is 18.0 Å². The first-order chi connectivity index (χ1) is 10.1. The maximum atomic E-state index is 11.9. The van der Waals surface area contributed by atoms with Crippen molar-refractivity contribution in [2.24, 2.45) is 11.8 Å². The monoisotopic (exact) mass is 317 g/mol. The Bertz CT molecular complexity index is 382. The fourth-order valence-electron chi connectivity index (χ4n) is 1.82. The molecule has 7 nitrogen and oxygen atoms in total. The highest BCUT2D eigenvalue weighted by atomic mass is 16.7. The summed E-state index contributed by atoms with van der Waals surface area (Å²) in [5.74, 6) is -1.47. The van der Waals surface area contributed by atoms with Crippen molar-refractivity contribution >= 4 is 18.0 Å². The third-order valence-corrected chi connectivity index (χ3v) is 3.18. The number of ether oxygens (including phenoxy) is 2. The largest absolute Gasteiger partial charge is 0.481 e. The van der Waals surface area contributed by atoms with Crippen LogP contribution in [-0.4, -0.2) is 35.5 Å². The van der Waals surface area contributed by atoms with E-state index < -0.39 is 30.4 Å². The van der Waals surface area contributed by atoms with Crippen molar-refractivity contribution in [1.29, 1.82) is 0 Å². The first-order valence-electron chi connectivity index (χ1n) is 7.51. The lowest BCUT2D eigenvalue weighted by Crippen LogP contribution is -2.41. The molecule has 0 radical (unpaired) electrons. The van der Waals surface area contributed by atoms with Gasteiger partial charge in [-0.15, -0.1) is 0 Å². The summed E-state index contributed by atoms with van der Waals surface area (Å²) in [7, 11) is 0. The van der Waals surface area contributed by atoms with Gasteiger partial charge in [0.15, 0.2) is 0 Å². The lowest BCUT2D eigenvalue weighted by Gasteiger charge is -2.24. The number of alkyl carbamates (subject to hydrolysis) is 1. The van der Waals surface area contributed by atoms with Crippen LogP contribution in [0.4, 0.5) is 4.79 Å². The number of hydrogen-bond acceptors (Lipinski definition) is 5. The number of nitrogens with one attached hydrogen (secondary N) is 1. The van der Waals surface area contributed by atoms with Crippen molar-refractivity contribution in [1.82, 2.24) is 5.32 Å². The molecule has 0 spiro atoms. The summed E-state index contributed by atoms with van der Waals surface area (Å²) < 4.78 is 9.97. The molecule has 0 aliphatic carbocycles. The highest BCUT2D eigenvalue weighted by molar-refractivity contribution is 5.71. The topological polar surface area (TPSA) is 102 Å². The van der Waals surface area contributed by atoms with E-state index in [4.69, 9.17) is 14.6 Å². The van der Waals surface area contributed by atoms with Gasteiger partial charge in [-0.3, -0.25) is 9.59 Å². The number of carbonyl (C=O) groups is 3. The first-order valence-corrected chi connectivity index (χ1v) is 7.51. The van der Waals surface area contributed by atoms with Crippen LogP contribution in [0.5, 0.6) is 0 Å². The zero-order valence-electron chi connectivity index (χ0n) is 13.9. The number of aliphatic carboxylic acids is 1. The Balaban J connectivity index is 4.64. The molecule has 22 heavy (non-hydrogen) atoms. The molecule has 3 atom stereocenters. The maximum absolute atomic E-state index is 11.9. The molecular formula is C15H27NO6. The van der Waals surface area contributed by atoms with E-state index in [9.17, 15) is 14.4 Å². The molecule has 128 valence electrons. The van der Waals surface area contributed by atoms with Gasteiger partial charge in [0.05, 0.1) is 6.42 Å². The molecule has 7 heteroatoms. The lowest BCUT2D eigenvalue weighted by molar-refractivity contribution is -0.172. The van der Waals surface area contributed by atoms with Crippen LogP contribution in [0.15, 0.2) is 0 Å². The van der Waals surface area contributed by atoms with Gasteiger partial charge in [0.2, 0.25) is 0 Å². The Morgan fingerprint density at radius 3 is 2.14 bits per heavy atom. The lowest BCUT2D eigenvalue weighted by atomic mass is 9.97. The van der Waals surface area contributed by atoms with Crippen molar-refractivity contribution in [2.75, 3.05) is 0 Å². The van der Waals surface area contributed by atoms with Gasteiger partial charge < -0.3 is 19.9 Å². The number of esters is 1. The molecule has 0 aliphatic rings. The number of carbonyl (C=O) groups excluding carboxylic acids is 2. The minimum Gasteiger partial charge on any atom is -0.481 e. The summed E-state index contributed by atoms with van der Waals surface area (Å²) in [6, 6.07) is -0.523. The molecule has 0 aromatic heterocycles. The molecule has 1 amide bonds. The van der Waals surface area contributed by atoms with Crippen LogP contribution in [0.2, 0.25) is 0 Å². The number of carboxylic acid groups (broad SMARTS) is 1. The molecule has 0 saturated carbocycles. The highest BCUT2D eigenvalue weighted by Crippen LogP contribution is 2.14. The van der Waals surface area contributed by atoms with Gasteiger partial charge in [-0.2, -0.15) is 0 Å². The molecule has 0 bridgehead atoms. The van der Waals surface area contributed by atoms with Gasteiger partial charge in [0.25, 0.3) is 6.29 Å². The minimum absolute atomic E-state index is 0.181. The highest BCUT2D eigenvalue weighted by Gasteiger charge is 2.24. The van der Waals surface area contributed by atoms with Gasteiger partial charge in [-0.1, -0.05) is 34.1 Å². The van der Waals surface area contributed by atoms with E-state index in [1.54, 1.807) is 13.8 Å². The van der Waals surface area contributed by atoms with Gasteiger partial charge in [-0.05, 0) is 12.3 Å². The normalized spacial score (nSPS) is 14.8. The zero-order chi connectivity index (χ0) is 17.3. The average molecular weight is 317 g/mol. The molecule has 0 fully saturated rings. The van der Waals surface area contributed by atoms with Crippen LogP contribution in [0.3, 0.4) is 0 Å². The van der Waals surface area contributed by atoms with E-state index in [2.05, 4.69) is 5.32 Å². The molecule has 0 heterocycles. The second-order valence-electron chi connectivity index (χ2n) is 5.82. The standard InChI is InChI=1S/C15H27NO6/c1-6-10(4)7-12(8-13(18)19)16-15(20)22-14(9(2)3)21-11(5)17/h9-10,12,14H,6-8H2,1-5H3,(H,16,20)(H,18,19)/t10-,12+,14+/m1/s1. The Morgan fingerprint density at radius 1 is 1.14 bits per heavy atom. The van der Waals surface area contributed by atoms with Crippen LogP contribution in [0.25, 0.3) is 0 Å².